The van der Waals surface area contributed by atoms with Gasteiger partial charge in [0.1, 0.15) is 5.65 Å². The van der Waals surface area contributed by atoms with Gasteiger partial charge in [-0.2, -0.15) is 0 Å². The van der Waals surface area contributed by atoms with Crippen molar-refractivity contribution in [1.29, 1.82) is 0 Å². The van der Waals surface area contributed by atoms with E-state index in [-0.39, 0.29) is 6.61 Å². The summed E-state index contributed by atoms with van der Waals surface area (Å²) in [5.41, 5.74) is 4.26. The van der Waals surface area contributed by atoms with Gasteiger partial charge in [-0.1, -0.05) is 30.3 Å². The zero-order valence-corrected chi connectivity index (χ0v) is 11.9. The molecule has 0 saturated carbocycles. The molecule has 0 atom stereocenters. The number of aliphatic hydroxyl groups excluding tert-OH is 1. The van der Waals surface area contributed by atoms with Crippen LogP contribution in [0.4, 0.5) is 0 Å². The Morgan fingerprint density at radius 1 is 1.05 bits per heavy atom. The van der Waals surface area contributed by atoms with Gasteiger partial charge in [0.2, 0.25) is 0 Å². The average Bonchev–Trinajstić information content (AvgIpc) is 2.95. The van der Waals surface area contributed by atoms with E-state index in [0.717, 1.165) is 36.4 Å². The highest BCUT2D eigenvalue weighted by molar-refractivity contribution is 5.39. The number of hydrogen-bond acceptors (Lipinski definition) is 3. The van der Waals surface area contributed by atoms with Crippen molar-refractivity contribution in [3.8, 4) is 0 Å². The maximum atomic E-state index is 9.01. The van der Waals surface area contributed by atoms with Gasteiger partial charge in [0.15, 0.2) is 0 Å². The molecule has 4 nitrogen and oxygen atoms in total. The fourth-order valence-corrected chi connectivity index (χ4v) is 2.33. The standard InChI is InChI=1S/C17H19N3O/c21-13-15-6-4-14(5-7-15)8-9-18-11-16-12-20-10-2-1-3-17(20)19-16/h1-7,10,12,18,21H,8-9,11,13H2. The van der Waals surface area contributed by atoms with E-state index >= 15 is 0 Å². The molecule has 0 aliphatic heterocycles. The minimum absolute atomic E-state index is 0.104. The van der Waals surface area contributed by atoms with Gasteiger partial charge in [-0.3, -0.25) is 0 Å². The molecule has 0 aliphatic carbocycles. The number of benzene rings is 1. The Bertz CT molecular complexity index is 670. The van der Waals surface area contributed by atoms with Crippen LogP contribution in [0.3, 0.4) is 0 Å². The van der Waals surface area contributed by atoms with Crippen LogP contribution in [0.15, 0.2) is 54.9 Å². The second-order valence-electron chi connectivity index (χ2n) is 5.10. The summed E-state index contributed by atoms with van der Waals surface area (Å²) in [7, 11) is 0. The lowest BCUT2D eigenvalue weighted by Gasteiger charge is -2.04. The van der Waals surface area contributed by atoms with Gasteiger partial charge in [0.25, 0.3) is 0 Å². The van der Waals surface area contributed by atoms with E-state index in [2.05, 4.69) is 28.6 Å². The Morgan fingerprint density at radius 2 is 1.86 bits per heavy atom. The number of aliphatic hydroxyl groups is 1. The first kappa shape index (κ1) is 13.8. The molecular weight excluding hydrogens is 262 g/mol. The Hall–Kier alpha value is -2.17. The number of fused-ring (bicyclic) bond motifs is 1. The molecule has 0 aliphatic rings. The number of nitrogens with zero attached hydrogens (tertiary/aromatic N) is 2. The maximum Gasteiger partial charge on any atom is 0.137 e. The Labute approximate surface area is 124 Å². The molecule has 0 radical (unpaired) electrons. The SMILES string of the molecule is OCc1ccc(CCNCc2cn3ccccc3n2)cc1. The highest BCUT2D eigenvalue weighted by Gasteiger charge is 2.00. The van der Waals surface area contributed by atoms with Crippen molar-refractivity contribution in [3.63, 3.8) is 0 Å². The molecule has 0 bridgehead atoms. The first-order chi connectivity index (χ1) is 10.3. The fourth-order valence-electron chi connectivity index (χ4n) is 2.33. The van der Waals surface area contributed by atoms with Gasteiger partial charge in [-0.15, -0.1) is 0 Å². The first-order valence-corrected chi connectivity index (χ1v) is 7.17. The minimum Gasteiger partial charge on any atom is -0.392 e. The molecule has 3 aromatic rings. The van der Waals surface area contributed by atoms with E-state index in [1.54, 1.807) is 0 Å². The normalized spacial score (nSPS) is 11.1. The Morgan fingerprint density at radius 3 is 2.62 bits per heavy atom. The number of nitrogens with one attached hydrogen (secondary N) is 1. The van der Waals surface area contributed by atoms with E-state index in [1.165, 1.54) is 5.56 Å². The lowest BCUT2D eigenvalue weighted by molar-refractivity contribution is 0.282. The van der Waals surface area contributed by atoms with Gasteiger partial charge in [0, 0.05) is 18.9 Å². The number of imidazole rings is 1. The summed E-state index contributed by atoms with van der Waals surface area (Å²) < 4.78 is 2.03. The highest BCUT2D eigenvalue weighted by atomic mass is 16.3. The van der Waals surface area contributed by atoms with Crippen LogP contribution in [0, 0.1) is 0 Å². The Balaban J connectivity index is 1.49. The molecule has 0 amide bonds. The van der Waals surface area contributed by atoms with Crippen molar-refractivity contribution in [2.75, 3.05) is 6.54 Å². The molecular formula is C17H19N3O. The van der Waals surface area contributed by atoms with Gasteiger partial charge < -0.3 is 14.8 Å². The van der Waals surface area contributed by atoms with Crippen LogP contribution in [-0.2, 0) is 19.6 Å². The quantitative estimate of drug-likeness (QED) is 0.681. The second kappa shape index (κ2) is 6.52. The molecule has 1 aromatic carbocycles. The highest BCUT2D eigenvalue weighted by Crippen LogP contribution is 2.06. The molecule has 3 rings (SSSR count). The summed E-state index contributed by atoms with van der Waals surface area (Å²) >= 11 is 0. The lowest BCUT2D eigenvalue weighted by atomic mass is 10.1. The molecule has 2 aromatic heterocycles. The third-order valence-electron chi connectivity index (χ3n) is 3.52. The second-order valence-corrected chi connectivity index (χ2v) is 5.10. The van der Waals surface area contributed by atoms with E-state index in [4.69, 9.17) is 5.11 Å². The predicted octanol–water partition coefficient (Wildman–Crippen LogP) is 2.16. The van der Waals surface area contributed by atoms with Crippen LogP contribution in [0.1, 0.15) is 16.8 Å². The summed E-state index contributed by atoms with van der Waals surface area (Å²) in [6, 6.07) is 14.1. The molecule has 2 heterocycles. The van der Waals surface area contributed by atoms with Gasteiger partial charge >= 0.3 is 0 Å². The first-order valence-electron chi connectivity index (χ1n) is 7.17. The average molecular weight is 281 g/mol. The summed E-state index contributed by atoms with van der Waals surface area (Å²) in [6.45, 7) is 1.79. The predicted molar refractivity (Wildman–Crippen MR) is 83.0 cm³/mol. The summed E-state index contributed by atoms with van der Waals surface area (Å²) in [4.78, 5) is 4.55. The molecule has 0 spiro atoms. The number of hydrogen-bond donors (Lipinski definition) is 2. The van der Waals surface area contributed by atoms with Crippen molar-refractivity contribution in [2.24, 2.45) is 0 Å². The smallest absolute Gasteiger partial charge is 0.137 e. The number of rotatable bonds is 6. The van der Waals surface area contributed by atoms with Gasteiger partial charge in [-0.25, -0.2) is 4.98 Å². The number of aromatic nitrogens is 2. The Kier molecular flexibility index (Phi) is 4.28. The monoisotopic (exact) mass is 281 g/mol. The molecule has 0 unspecified atom stereocenters. The molecule has 108 valence electrons. The van der Waals surface area contributed by atoms with Crippen molar-refractivity contribution >= 4 is 5.65 Å². The van der Waals surface area contributed by atoms with Crippen LogP contribution in [0.5, 0.6) is 0 Å². The topological polar surface area (TPSA) is 49.6 Å². The molecule has 21 heavy (non-hydrogen) atoms. The fraction of sp³-hybridized carbons (Fsp3) is 0.235. The van der Waals surface area contributed by atoms with E-state index in [9.17, 15) is 0 Å². The van der Waals surface area contributed by atoms with Crippen molar-refractivity contribution < 1.29 is 5.11 Å². The van der Waals surface area contributed by atoms with Crippen LogP contribution in [0.2, 0.25) is 0 Å². The summed E-state index contributed by atoms with van der Waals surface area (Å²) in [6.07, 6.45) is 5.03. The lowest BCUT2D eigenvalue weighted by Crippen LogP contribution is -2.16. The van der Waals surface area contributed by atoms with Gasteiger partial charge in [0.05, 0.1) is 12.3 Å². The number of pyridine rings is 1. The van der Waals surface area contributed by atoms with Gasteiger partial charge in [-0.05, 0) is 36.2 Å². The third-order valence-corrected chi connectivity index (χ3v) is 3.52. The molecule has 4 heteroatoms. The van der Waals surface area contributed by atoms with Crippen molar-refractivity contribution in [3.05, 3.63) is 71.7 Å². The van der Waals surface area contributed by atoms with Crippen LogP contribution >= 0.6 is 0 Å². The van der Waals surface area contributed by atoms with E-state index in [0.29, 0.717) is 0 Å². The minimum atomic E-state index is 0.104. The zero-order valence-electron chi connectivity index (χ0n) is 11.9. The summed E-state index contributed by atoms with van der Waals surface area (Å²) in [5.74, 6) is 0. The van der Waals surface area contributed by atoms with Crippen LogP contribution in [-0.4, -0.2) is 21.0 Å². The summed E-state index contributed by atoms with van der Waals surface area (Å²) in [5, 5.41) is 12.4. The largest absolute Gasteiger partial charge is 0.392 e. The van der Waals surface area contributed by atoms with Crippen LogP contribution in [0.25, 0.3) is 5.65 Å². The van der Waals surface area contributed by atoms with Crippen LogP contribution < -0.4 is 5.32 Å². The zero-order chi connectivity index (χ0) is 14.5. The van der Waals surface area contributed by atoms with Crippen molar-refractivity contribution in [2.45, 2.75) is 19.6 Å². The third kappa shape index (κ3) is 3.48. The maximum absolute atomic E-state index is 9.01. The van der Waals surface area contributed by atoms with E-state index < -0.39 is 0 Å². The van der Waals surface area contributed by atoms with E-state index in [1.807, 2.05) is 40.9 Å². The molecule has 2 N–H and O–H groups in total. The molecule has 0 saturated heterocycles. The molecule has 0 fully saturated rings. The van der Waals surface area contributed by atoms with Crippen molar-refractivity contribution in [1.82, 2.24) is 14.7 Å².